The number of halogens is 2. The number of aliphatic hydroxyl groups excluding tert-OH is 1. The van der Waals surface area contributed by atoms with E-state index in [1.54, 1.807) is 30.3 Å². The van der Waals surface area contributed by atoms with E-state index in [4.69, 9.17) is 4.42 Å². The maximum absolute atomic E-state index is 14.0. The highest BCUT2D eigenvalue weighted by molar-refractivity contribution is 5.83. The van der Waals surface area contributed by atoms with E-state index in [1.807, 2.05) is 32.0 Å². The number of aliphatic hydroxyl groups is 1. The molecule has 0 aliphatic rings. The third-order valence-corrected chi connectivity index (χ3v) is 6.81. The fraction of sp³-hybridized carbons (Fsp3) is 0.188. The molecule has 39 heavy (non-hydrogen) atoms. The summed E-state index contributed by atoms with van der Waals surface area (Å²) in [6.45, 7) is 4.00. The molecule has 1 amide bonds. The molecule has 2 N–H and O–H groups in total. The first-order chi connectivity index (χ1) is 18.8. The van der Waals surface area contributed by atoms with E-state index in [1.165, 1.54) is 24.4 Å². The molecule has 0 spiro atoms. The van der Waals surface area contributed by atoms with Crippen molar-refractivity contribution >= 4 is 16.9 Å². The Morgan fingerprint density at radius 3 is 2.54 bits per heavy atom. The molecule has 5 nitrogen and oxygen atoms in total. The van der Waals surface area contributed by atoms with Crippen molar-refractivity contribution < 1.29 is 23.1 Å². The lowest BCUT2D eigenvalue weighted by molar-refractivity contribution is -0.120. The quantitative estimate of drug-likeness (QED) is 0.244. The number of benzene rings is 3. The van der Waals surface area contributed by atoms with Crippen LogP contribution in [0, 0.1) is 25.5 Å². The van der Waals surface area contributed by atoms with Gasteiger partial charge >= 0.3 is 0 Å². The molecule has 2 unspecified atom stereocenters. The topological polar surface area (TPSA) is 75.4 Å². The zero-order chi connectivity index (χ0) is 27.5. The average Bonchev–Trinajstić information content (AvgIpc) is 3.33. The number of amides is 1. The van der Waals surface area contributed by atoms with Gasteiger partial charge in [0.15, 0.2) is 0 Å². The molecule has 198 valence electrons. The summed E-state index contributed by atoms with van der Waals surface area (Å²) in [5.74, 6) is -0.705. The van der Waals surface area contributed by atoms with Gasteiger partial charge in [0.1, 0.15) is 29.1 Å². The minimum atomic E-state index is -1.03. The summed E-state index contributed by atoms with van der Waals surface area (Å²) >= 11 is 0. The summed E-state index contributed by atoms with van der Waals surface area (Å²) in [7, 11) is 0. The minimum absolute atomic E-state index is 0.0483. The van der Waals surface area contributed by atoms with E-state index in [0.29, 0.717) is 16.9 Å². The van der Waals surface area contributed by atoms with Crippen molar-refractivity contribution in [3.8, 4) is 0 Å². The Morgan fingerprint density at radius 1 is 1.00 bits per heavy atom. The molecule has 5 rings (SSSR count). The van der Waals surface area contributed by atoms with E-state index in [-0.39, 0.29) is 24.6 Å². The molecule has 7 heteroatoms. The van der Waals surface area contributed by atoms with Crippen LogP contribution in [0.5, 0.6) is 0 Å². The highest BCUT2D eigenvalue weighted by Crippen LogP contribution is 2.29. The normalized spacial score (nSPS) is 12.8. The van der Waals surface area contributed by atoms with Crippen LogP contribution in [-0.2, 0) is 17.6 Å². The third kappa shape index (κ3) is 6.04. The fourth-order valence-corrected chi connectivity index (χ4v) is 4.81. The lowest BCUT2D eigenvalue weighted by Crippen LogP contribution is -2.31. The summed E-state index contributed by atoms with van der Waals surface area (Å²) in [5, 5.41) is 14.5. The Kier molecular flexibility index (Phi) is 7.52. The molecular weight excluding hydrogens is 498 g/mol. The number of aryl methyl sites for hydroxylation is 2. The van der Waals surface area contributed by atoms with Crippen LogP contribution in [0.4, 0.5) is 8.78 Å². The van der Waals surface area contributed by atoms with Gasteiger partial charge < -0.3 is 14.8 Å². The predicted octanol–water partition coefficient (Wildman–Crippen LogP) is 6.45. The van der Waals surface area contributed by atoms with Crippen LogP contribution in [0.15, 0.2) is 89.6 Å². The van der Waals surface area contributed by atoms with Crippen LogP contribution in [0.3, 0.4) is 0 Å². The molecule has 3 aromatic carbocycles. The number of furan rings is 1. The van der Waals surface area contributed by atoms with Crippen molar-refractivity contribution in [1.29, 1.82) is 0 Å². The van der Waals surface area contributed by atoms with Gasteiger partial charge in [0, 0.05) is 18.0 Å². The molecule has 0 saturated heterocycles. The van der Waals surface area contributed by atoms with Gasteiger partial charge in [0.25, 0.3) is 0 Å². The van der Waals surface area contributed by atoms with E-state index < -0.39 is 18.0 Å². The summed E-state index contributed by atoms with van der Waals surface area (Å²) in [6.07, 6.45) is 1.72. The van der Waals surface area contributed by atoms with Crippen molar-refractivity contribution in [3.05, 3.63) is 136 Å². The standard InChI is InChI=1S/C32H28F2N2O3/c1-19-3-9-26(20(2)13-19)32(22-5-7-25(33)8-6-22)36-31(38)15-21-4-10-29-24(14-21)17-30(39-29)28(37)16-23-11-12-35-18-27(23)34/h3-14,17-18,28,32,37H,15-16H2,1-2H3,(H,36,38). The molecule has 0 bridgehead atoms. The minimum Gasteiger partial charge on any atom is -0.458 e. The van der Waals surface area contributed by atoms with Gasteiger partial charge in [0.2, 0.25) is 5.91 Å². The molecular formula is C32H28F2N2O3. The van der Waals surface area contributed by atoms with Crippen molar-refractivity contribution in [3.63, 3.8) is 0 Å². The molecule has 0 fully saturated rings. The lowest BCUT2D eigenvalue weighted by Gasteiger charge is -2.22. The van der Waals surface area contributed by atoms with Gasteiger partial charge in [-0.1, -0.05) is 42.0 Å². The van der Waals surface area contributed by atoms with Gasteiger partial charge in [0.05, 0.1) is 18.7 Å². The van der Waals surface area contributed by atoms with Crippen LogP contribution >= 0.6 is 0 Å². The van der Waals surface area contributed by atoms with Gasteiger partial charge in [-0.25, -0.2) is 8.78 Å². The second kappa shape index (κ2) is 11.2. The number of fused-ring (bicyclic) bond motifs is 1. The SMILES string of the molecule is Cc1ccc(C(NC(=O)Cc2ccc3oc(C(O)Cc4ccncc4F)cc3c2)c2ccc(F)cc2)c(C)c1. The predicted molar refractivity (Wildman–Crippen MR) is 145 cm³/mol. The molecule has 0 radical (unpaired) electrons. The molecule has 2 heterocycles. The van der Waals surface area contributed by atoms with Crippen molar-refractivity contribution in [2.75, 3.05) is 0 Å². The number of aromatic nitrogens is 1. The first-order valence-corrected chi connectivity index (χ1v) is 12.7. The highest BCUT2D eigenvalue weighted by atomic mass is 19.1. The van der Waals surface area contributed by atoms with Gasteiger partial charge in [-0.05, 0) is 78.1 Å². The monoisotopic (exact) mass is 526 g/mol. The summed E-state index contributed by atoms with van der Waals surface area (Å²) in [4.78, 5) is 16.9. The molecule has 2 atom stereocenters. The number of carbonyl (C=O) groups excluding carboxylic acids is 1. The Bertz CT molecular complexity index is 1630. The van der Waals surface area contributed by atoms with Crippen LogP contribution in [0.2, 0.25) is 0 Å². The van der Waals surface area contributed by atoms with E-state index in [2.05, 4.69) is 16.4 Å². The third-order valence-electron chi connectivity index (χ3n) is 6.81. The maximum atomic E-state index is 14.0. The number of rotatable bonds is 8. The first-order valence-electron chi connectivity index (χ1n) is 12.7. The summed E-state index contributed by atoms with van der Waals surface area (Å²) in [5.41, 5.74) is 5.53. The molecule has 5 aromatic rings. The molecule has 0 saturated carbocycles. The Balaban J connectivity index is 1.34. The number of hydrogen-bond donors (Lipinski definition) is 2. The second-order valence-corrected chi connectivity index (χ2v) is 9.80. The molecule has 0 aliphatic heterocycles. The van der Waals surface area contributed by atoms with Crippen LogP contribution in [0.1, 0.15) is 51.3 Å². The van der Waals surface area contributed by atoms with E-state index >= 15 is 0 Å². The van der Waals surface area contributed by atoms with Crippen LogP contribution in [0.25, 0.3) is 11.0 Å². The largest absolute Gasteiger partial charge is 0.458 e. The highest BCUT2D eigenvalue weighted by Gasteiger charge is 2.20. The van der Waals surface area contributed by atoms with Crippen LogP contribution in [-0.4, -0.2) is 16.0 Å². The summed E-state index contributed by atoms with van der Waals surface area (Å²) < 4.78 is 33.4. The van der Waals surface area contributed by atoms with Crippen molar-refractivity contribution in [1.82, 2.24) is 10.3 Å². The fourth-order valence-electron chi connectivity index (χ4n) is 4.81. The number of carbonyl (C=O) groups is 1. The Morgan fingerprint density at radius 2 is 1.79 bits per heavy atom. The maximum Gasteiger partial charge on any atom is 0.225 e. The number of nitrogens with zero attached hydrogens (tertiary/aromatic N) is 1. The van der Waals surface area contributed by atoms with Crippen LogP contribution < -0.4 is 5.32 Å². The zero-order valence-electron chi connectivity index (χ0n) is 21.6. The first kappa shape index (κ1) is 26.3. The number of nitrogens with one attached hydrogen (secondary N) is 1. The smallest absolute Gasteiger partial charge is 0.225 e. The zero-order valence-corrected chi connectivity index (χ0v) is 21.6. The van der Waals surface area contributed by atoms with Gasteiger partial charge in [-0.2, -0.15) is 0 Å². The molecule has 0 aliphatic carbocycles. The van der Waals surface area contributed by atoms with Crippen molar-refractivity contribution in [2.24, 2.45) is 0 Å². The number of hydrogen-bond acceptors (Lipinski definition) is 4. The second-order valence-electron chi connectivity index (χ2n) is 9.80. The lowest BCUT2D eigenvalue weighted by atomic mass is 9.93. The van der Waals surface area contributed by atoms with Gasteiger partial charge in [-0.3, -0.25) is 9.78 Å². The Hall–Kier alpha value is -4.36. The van der Waals surface area contributed by atoms with Crippen molar-refractivity contribution in [2.45, 2.75) is 38.8 Å². The van der Waals surface area contributed by atoms with Gasteiger partial charge in [-0.15, -0.1) is 0 Å². The number of pyridine rings is 1. The summed E-state index contributed by atoms with van der Waals surface area (Å²) in [6, 6.07) is 20.4. The Labute approximate surface area is 225 Å². The van der Waals surface area contributed by atoms with E-state index in [0.717, 1.165) is 39.4 Å². The van der Waals surface area contributed by atoms with E-state index in [9.17, 15) is 18.7 Å². The average molecular weight is 527 g/mol. The molecule has 2 aromatic heterocycles.